The third-order valence-electron chi connectivity index (χ3n) is 8.00. The molecule has 0 bridgehead atoms. The minimum Gasteiger partial charge on any atom is -0.289 e. The number of aromatic nitrogens is 4. The number of benzene rings is 4. The molecule has 1 aliphatic rings. The average molecular weight is 573 g/mol. The Kier molecular flexibility index (Phi) is 7.43. The molecule has 44 heavy (non-hydrogen) atoms. The van der Waals surface area contributed by atoms with Gasteiger partial charge in [-0.1, -0.05) is 104 Å². The van der Waals surface area contributed by atoms with Gasteiger partial charge in [-0.3, -0.25) is 4.79 Å². The van der Waals surface area contributed by atoms with E-state index >= 15 is 0 Å². The molecule has 0 N–H and O–H groups in total. The number of nitrogens with zero attached hydrogens (tertiary/aromatic N) is 4. The van der Waals surface area contributed by atoms with Crippen LogP contribution in [0.5, 0.6) is 0 Å². The number of para-hydroxylation sites is 2. The Bertz CT molecular complexity index is 1820. The van der Waals surface area contributed by atoms with E-state index in [0.29, 0.717) is 5.92 Å². The highest BCUT2D eigenvalue weighted by atomic mass is 16.1. The van der Waals surface area contributed by atoms with Crippen molar-refractivity contribution in [2.24, 2.45) is 5.92 Å². The molecule has 0 saturated heterocycles. The summed E-state index contributed by atoms with van der Waals surface area (Å²) >= 11 is 0. The molecule has 2 aromatic heterocycles. The molecule has 5 heteroatoms. The van der Waals surface area contributed by atoms with Gasteiger partial charge in [-0.25, -0.2) is 9.36 Å². The minimum atomic E-state index is 0.0843. The normalized spacial score (nSPS) is 16.9. The fourth-order valence-corrected chi connectivity index (χ4v) is 5.89. The molecule has 0 unspecified atom stereocenters. The third-order valence-corrected chi connectivity index (χ3v) is 8.00. The highest BCUT2D eigenvalue weighted by Crippen LogP contribution is 2.35. The van der Waals surface area contributed by atoms with Crippen molar-refractivity contribution < 1.29 is 4.79 Å². The highest BCUT2D eigenvalue weighted by Gasteiger charge is 2.27. The Morgan fingerprint density at radius 3 is 1.32 bits per heavy atom. The molecule has 0 radical (unpaired) electrons. The number of carbonyl (C=O) groups excluding carboxylic acids is 1. The van der Waals surface area contributed by atoms with Gasteiger partial charge in [0.15, 0.2) is 5.78 Å². The van der Waals surface area contributed by atoms with Crippen molar-refractivity contribution in [1.82, 2.24) is 19.6 Å². The smallest absolute Gasteiger partial charge is 0.185 e. The maximum Gasteiger partial charge on any atom is 0.185 e. The Hall–Kier alpha value is -5.55. The number of Topliss-reactive ketones (excluding diaryl/α,β-unsaturated/α-hetero) is 1. The lowest BCUT2D eigenvalue weighted by Gasteiger charge is -2.22. The summed E-state index contributed by atoms with van der Waals surface area (Å²) in [5.41, 5.74) is 9.15. The van der Waals surface area contributed by atoms with Gasteiger partial charge >= 0.3 is 0 Å². The summed E-state index contributed by atoms with van der Waals surface area (Å²) in [5.74, 6) is 0.403. The Balaban J connectivity index is 1.30. The number of rotatable bonds is 6. The molecule has 0 atom stereocenters. The van der Waals surface area contributed by atoms with E-state index in [1.807, 2.05) is 131 Å². The average Bonchev–Trinajstić information content (AvgIpc) is 3.70. The molecule has 0 spiro atoms. The monoisotopic (exact) mass is 572 g/mol. The molecular formula is C39H32N4O. The van der Waals surface area contributed by atoms with Crippen LogP contribution in [0.3, 0.4) is 0 Å². The van der Waals surface area contributed by atoms with E-state index in [1.165, 1.54) is 0 Å². The van der Waals surface area contributed by atoms with Crippen molar-refractivity contribution in [3.05, 3.63) is 156 Å². The zero-order valence-electron chi connectivity index (χ0n) is 24.5. The SMILES string of the molecule is CC1CC(=Cc2cn(-c3ccccc3)nc2-c2ccccc2)C(=O)C(=Cc2cn(-c3ccccc3)nc2-c2ccccc2)C1. The molecule has 1 saturated carbocycles. The largest absolute Gasteiger partial charge is 0.289 e. The predicted molar refractivity (Wildman–Crippen MR) is 177 cm³/mol. The van der Waals surface area contributed by atoms with Gasteiger partial charge in [0.1, 0.15) is 0 Å². The Morgan fingerprint density at radius 2 is 0.932 bits per heavy atom. The van der Waals surface area contributed by atoms with Gasteiger partial charge < -0.3 is 0 Å². The lowest BCUT2D eigenvalue weighted by atomic mass is 9.80. The molecule has 5 nitrogen and oxygen atoms in total. The maximum atomic E-state index is 14.1. The zero-order valence-corrected chi connectivity index (χ0v) is 24.5. The van der Waals surface area contributed by atoms with E-state index in [1.54, 1.807) is 0 Å². The van der Waals surface area contributed by atoms with Crippen molar-refractivity contribution in [1.29, 1.82) is 0 Å². The molecular weight excluding hydrogens is 540 g/mol. The van der Waals surface area contributed by atoms with Crippen LogP contribution in [0, 0.1) is 5.92 Å². The first-order valence-corrected chi connectivity index (χ1v) is 15.0. The van der Waals surface area contributed by atoms with Crippen LogP contribution in [-0.2, 0) is 4.79 Å². The fraction of sp³-hybridized carbons (Fsp3) is 0.103. The first kappa shape index (κ1) is 27.3. The van der Waals surface area contributed by atoms with Gasteiger partial charge in [-0.2, -0.15) is 10.2 Å². The standard InChI is InChI=1S/C39H32N4O/c1-28-22-31(24-33-26-42(35-18-10-4-11-19-35)40-37(33)29-14-6-2-7-15-29)39(44)32(23-28)25-34-27-43(36-20-12-5-13-21-36)41-38(34)30-16-8-3-9-17-30/h2-21,24-28H,22-23H2,1H3. The van der Waals surface area contributed by atoms with E-state index in [-0.39, 0.29) is 5.78 Å². The summed E-state index contributed by atoms with van der Waals surface area (Å²) < 4.78 is 3.79. The lowest BCUT2D eigenvalue weighted by molar-refractivity contribution is -0.113. The van der Waals surface area contributed by atoms with E-state index in [9.17, 15) is 4.79 Å². The molecule has 2 heterocycles. The highest BCUT2D eigenvalue weighted by molar-refractivity contribution is 6.14. The van der Waals surface area contributed by atoms with Crippen molar-refractivity contribution >= 4 is 17.9 Å². The lowest BCUT2D eigenvalue weighted by Crippen LogP contribution is -2.18. The minimum absolute atomic E-state index is 0.0843. The first-order valence-electron chi connectivity index (χ1n) is 15.0. The predicted octanol–water partition coefficient (Wildman–Crippen LogP) is 8.86. The third kappa shape index (κ3) is 5.60. The molecule has 0 amide bonds. The van der Waals surface area contributed by atoms with Gasteiger partial charge in [-0.05, 0) is 55.2 Å². The summed E-state index contributed by atoms with van der Waals surface area (Å²) in [6, 6.07) is 40.5. The number of hydrogen-bond acceptors (Lipinski definition) is 3. The second kappa shape index (κ2) is 12.0. The summed E-state index contributed by atoms with van der Waals surface area (Å²) in [6.45, 7) is 2.21. The summed E-state index contributed by atoms with van der Waals surface area (Å²) in [6.07, 6.45) is 9.58. The molecule has 1 aliphatic carbocycles. The Morgan fingerprint density at radius 1 is 0.568 bits per heavy atom. The van der Waals surface area contributed by atoms with Crippen LogP contribution in [0.1, 0.15) is 30.9 Å². The van der Waals surface area contributed by atoms with E-state index < -0.39 is 0 Å². The first-order chi connectivity index (χ1) is 21.6. The van der Waals surface area contributed by atoms with Crippen molar-refractivity contribution in [2.75, 3.05) is 0 Å². The van der Waals surface area contributed by atoms with Crippen molar-refractivity contribution in [2.45, 2.75) is 19.8 Å². The number of hydrogen-bond donors (Lipinski definition) is 0. The van der Waals surface area contributed by atoms with Crippen LogP contribution in [0.15, 0.2) is 145 Å². The summed E-state index contributed by atoms with van der Waals surface area (Å²) in [4.78, 5) is 14.1. The number of carbonyl (C=O) groups is 1. The van der Waals surface area contributed by atoms with Crippen molar-refractivity contribution in [3.63, 3.8) is 0 Å². The van der Waals surface area contributed by atoms with Gasteiger partial charge in [0, 0.05) is 45.8 Å². The molecule has 1 fully saturated rings. The van der Waals surface area contributed by atoms with E-state index in [4.69, 9.17) is 10.2 Å². The number of allylic oxidation sites excluding steroid dienone is 2. The topological polar surface area (TPSA) is 52.7 Å². The van der Waals surface area contributed by atoms with Crippen LogP contribution >= 0.6 is 0 Å². The molecule has 6 aromatic rings. The van der Waals surface area contributed by atoms with Gasteiger partial charge in [0.2, 0.25) is 0 Å². The van der Waals surface area contributed by atoms with Gasteiger partial charge in [-0.15, -0.1) is 0 Å². The van der Waals surface area contributed by atoms with Crippen LogP contribution in [-0.4, -0.2) is 25.3 Å². The second-order valence-electron chi connectivity index (χ2n) is 11.3. The van der Waals surface area contributed by atoms with Crippen LogP contribution in [0.4, 0.5) is 0 Å². The van der Waals surface area contributed by atoms with E-state index in [0.717, 1.165) is 69.0 Å². The van der Waals surface area contributed by atoms with Gasteiger partial charge in [0.05, 0.1) is 22.8 Å². The molecule has 4 aromatic carbocycles. The quantitative estimate of drug-likeness (QED) is 0.187. The summed E-state index contributed by atoms with van der Waals surface area (Å²) in [7, 11) is 0. The van der Waals surface area contributed by atoms with Gasteiger partial charge in [0.25, 0.3) is 0 Å². The Labute approximate surface area is 257 Å². The van der Waals surface area contributed by atoms with Crippen LogP contribution in [0.2, 0.25) is 0 Å². The summed E-state index contributed by atoms with van der Waals surface area (Å²) in [5, 5.41) is 9.92. The zero-order chi connectivity index (χ0) is 29.9. The van der Waals surface area contributed by atoms with Crippen LogP contribution < -0.4 is 0 Å². The van der Waals surface area contributed by atoms with Crippen LogP contribution in [0.25, 0.3) is 46.0 Å². The van der Waals surface area contributed by atoms with Crippen molar-refractivity contribution in [3.8, 4) is 33.9 Å². The second-order valence-corrected chi connectivity index (χ2v) is 11.3. The maximum absolute atomic E-state index is 14.1. The number of ketones is 1. The van der Waals surface area contributed by atoms with E-state index in [2.05, 4.69) is 31.2 Å². The molecule has 7 rings (SSSR count). The molecule has 214 valence electrons. The fourth-order valence-electron chi connectivity index (χ4n) is 5.89. The molecule has 0 aliphatic heterocycles.